The quantitative estimate of drug-likeness (QED) is 0.295. The Bertz CT molecular complexity index is 730. The van der Waals surface area contributed by atoms with E-state index < -0.39 is 6.03 Å². The van der Waals surface area contributed by atoms with Crippen LogP contribution in [0.3, 0.4) is 0 Å². The maximum absolute atomic E-state index is 12.3. The van der Waals surface area contributed by atoms with Crippen molar-refractivity contribution in [2.24, 2.45) is 0 Å². The Morgan fingerprint density at radius 2 is 2.12 bits per heavy atom. The molecule has 1 N–H and O–H groups in total. The van der Waals surface area contributed by atoms with Crippen LogP contribution in [0.1, 0.15) is 25.8 Å². The molecule has 7 heteroatoms. The number of imide groups is 1. The van der Waals surface area contributed by atoms with Crippen molar-refractivity contribution in [3.05, 3.63) is 39.6 Å². The molecule has 0 radical (unpaired) electrons. The number of carbonyl (C=O) groups is 2. The number of nitrogens with one attached hydrogen (secondary N) is 1. The van der Waals surface area contributed by atoms with E-state index in [1.165, 1.54) is 6.08 Å². The summed E-state index contributed by atoms with van der Waals surface area (Å²) < 4.78 is 12.2. The van der Waals surface area contributed by atoms with Gasteiger partial charge in [0.15, 0.2) is 11.5 Å². The lowest BCUT2D eigenvalue weighted by molar-refractivity contribution is -0.122. The summed E-state index contributed by atoms with van der Waals surface area (Å²) >= 11 is 2.17. The van der Waals surface area contributed by atoms with Gasteiger partial charge in [-0.2, -0.15) is 0 Å². The van der Waals surface area contributed by atoms with Crippen LogP contribution in [0.2, 0.25) is 0 Å². The standard InChI is InChI=1S/C18H21IN2O4/c1-5-7-21-17(22)14(20-18(21)23)9-12-8-13(19)16(15(10-12)24-4)25-11(3)6-2/h5,8-11H,1,6-7H2,2-4H3,(H,20,23)/b14-9+/t11-/m1/s1. The highest BCUT2D eigenvalue weighted by Crippen LogP contribution is 2.35. The zero-order valence-electron chi connectivity index (χ0n) is 14.5. The van der Waals surface area contributed by atoms with Crippen LogP contribution in [-0.2, 0) is 4.79 Å². The Morgan fingerprint density at radius 3 is 2.72 bits per heavy atom. The fraction of sp³-hybridized carbons (Fsp3) is 0.333. The molecule has 0 bridgehead atoms. The lowest BCUT2D eigenvalue weighted by Gasteiger charge is -2.17. The Balaban J connectivity index is 2.35. The third kappa shape index (κ3) is 4.33. The first-order valence-electron chi connectivity index (χ1n) is 7.90. The molecule has 1 heterocycles. The Morgan fingerprint density at radius 1 is 1.40 bits per heavy atom. The van der Waals surface area contributed by atoms with Crippen molar-refractivity contribution < 1.29 is 19.1 Å². The highest BCUT2D eigenvalue weighted by atomic mass is 127. The van der Waals surface area contributed by atoms with E-state index in [9.17, 15) is 9.59 Å². The topological polar surface area (TPSA) is 67.9 Å². The predicted octanol–water partition coefficient (Wildman–Crippen LogP) is 3.56. The molecule has 0 unspecified atom stereocenters. The molecule has 0 aliphatic carbocycles. The summed E-state index contributed by atoms with van der Waals surface area (Å²) in [5.41, 5.74) is 0.960. The summed E-state index contributed by atoms with van der Waals surface area (Å²) in [6.45, 7) is 7.76. The van der Waals surface area contributed by atoms with Crippen LogP contribution in [0.15, 0.2) is 30.5 Å². The van der Waals surface area contributed by atoms with Crippen molar-refractivity contribution >= 4 is 40.6 Å². The van der Waals surface area contributed by atoms with Gasteiger partial charge < -0.3 is 14.8 Å². The van der Waals surface area contributed by atoms with E-state index in [1.54, 1.807) is 19.3 Å². The average molecular weight is 456 g/mol. The van der Waals surface area contributed by atoms with Crippen molar-refractivity contribution in [1.82, 2.24) is 10.2 Å². The summed E-state index contributed by atoms with van der Waals surface area (Å²) in [4.78, 5) is 25.2. The maximum Gasteiger partial charge on any atom is 0.329 e. The fourth-order valence-corrected chi connectivity index (χ4v) is 3.01. The van der Waals surface area contributed by atoms with Gasteiger partial charge in [-0.25, -0.2) is 4.79 Å². The van der Waals surface area contributed by atoms with Crippen LogP contribution < -0.4 is 14.8 Å². The molecule has 1 aliphatic rings. The second-order valence-corrected chi connectivity index (χ2v) is 6.73. The second-order valence-electron chi connectivity index (χ2n) is 5.56. The number of carbonyl (C=O) groups excluding carboxylic acids is 2. The lowest BCUT2D eigenvalue weighted by atomic mass is 10.1. The molecule has 1 fully saturated rings. The first-order valence-corrected chi connectivity index (χ1v) is 8.98. The summed E-state index contributed by atoms with van der Waals surface area (Å²) in [7, 11) is 1.57. The van der Waals surface area contributed by atoms with E-state index in [-0.39, 0.29) is 24.3 Å². The molecule has 3 amide bonds. The van der Waals surface area contributed by atoms with Gasteiger partial charge in [0.2, 0.25) is 0 Å². The summed E-state index contributed by atoms with van der Waals surface area (Å²) in [6.07, 6.45) is 4.08. The number of halogens is 1. The third-order valence-corrected chi connectivity index (χ3v) is 4.53. The minimum Gasteiger partial charge on any atom is -0.493 e. The van der Waals surface area contributed by atoms with E-state index in [2.05, 4.69) is 34.5 Å². The molecule has 1 saturated heterocycles. The van der Waals surface area contributed by atoms with Gasteiger partial charge in [0.1, 0.15) is 5.70 Å². The van der Waals surface area contributed by atoms with Crippen molar-refractivity contribution in [2.75, 3.05) is 13.7 Å². The molecule has 1 atom stereocenters. The SMILES string of the molecule is C=CCN1C(=O)N/C(=C/c2cc(I)c(O[C@H](C)CC)c(OC)c2)C1=O. The number of ether oxygens (including phenoxy) is 2. The van der Waals surface area contributed by atoms with Crippen molar-refractivity contribution in [1.29, 1.82) is 0 Å². The number of nitrogens with zero attached hydrogens (tertiary/aromatic N) is 1. The van der Waals surface area contributed by atoms with Gasteiger partial charge in [0, 0.05) is 6.54 Å². The van der Waals surface area contributed by atoms with E-state index in [1.807, 2.05) is 19.9 Å². The monoisotopic (exact) mass is 456 g/mol. The number of methoxy groups -OCH3 is 1. The minimum atomic E-state index is -0.450. The average Bonchev–Trinajstić information content (AvgIpc) is 2.84. The first-order chi connectivity index (χ1) is 11.9. The second kappa shape index (κ2) is 8.37. The molecule has 0 saturated carbocycles. The van der Waals surface area contributed by atoms with Gasteiger partial charge in [-0.05, 0) is 59.7 Å². The van der Waals surface area contributed by atoms with Gasteiger partial charge >= 0.3 is 6.03 Å². The molecule has 2 rings (SSSR count). The molecule has 0 spiro atoms. The molecule has 25 heavy (non-hydrogen) atoms. The number of urea groups is 1. The van der Waals surface area contributed by atoms with Gasteiger partial charge in [-0.15, -0.1) is 6.58 Å². The number of benzene rings is 1. The number of amides is 3. The van der Waals surface area contributed by atoms with Gasteiger partial charge in [0.25, 0.3) is 5.91 Å². The molecule has 1 aromatic carbocycles. The lowest BCUT2D eigenvalue weighted by Crippen LogP contribution is -2.30. The molecule has 0 aromatic heterocycles. The van der Waals surface area contributed by atoms with Crippen LogP contribution >= 0.6 is 22.6 Å². The molecule has 134 valence electrons. The minimum absolute atomic E-state index is 0.0646. The van der Waals surface area contributed by atoms with Crippen LogP contribution in [-0.4, -0.2) is 36.6 Å². The Kier molecular flexibility index (Phi) is 6.46. The van der Waals surface area contributed by atoms with Crippen molar-refractivity contribution in [3.63, 3.8) is 0 Å². The zero-order chi connectivity index (χ0) is 18.6. The molecule has 6 nitrogen and oxygen atoms in total. The van der Waals surface area contributed by atoms with Crippen LogP contribution in [0.4, 0.5) is 4.79 Å². The summed E-state index contributed by atoms with van der Waals surface area (Å²) in [6, 6.07) is 3.21. The predicted molar refractivity (Wildman–Crippen MR) is 105 cm³/mol. The molecule has 1 aromatic rings. The third-order valence-electron chi connectivity index (χ3n) is 3.73. The van der Waals surface area contributed by atoms with Gasteiger partial charge in [0.05, 0.1) is 16.8 Å². The number of hydrogen-bond acceptors (Lipinski definition) is 4. The number of hydrogen-bond donors (Lipinski definition) is 1. The van der Waals surface area contributed by atoms with Gasteiger partial charge in [-0.1, -0.05) is 13.0 Å². The smallest absolute Gasteiger partial charge is 0.329 e. The normalized spacial score (nSPS) is 16.8. The van der Waals surface area contributed by atoms with E-state index in [0.29, 0.717) is 11.5 Å². The first kappa shape index (κ1) is 19.3. The fourth-order valence-electron chi connectivity index (χ4n) is 2.26. The van der Waals surface area contributed by atoms with Crippen molar-refractivity contribution in [2.45, 2.75) is 26.4 Å². The van der Waals surface area contributed by atoms with Crippen molar-refractivity contribution in [3.8, 4) is 11.5 Å². The Hall–Kier alpha value is -2.03. The van der Waals surface area contributed by atoms with Gasteiger partial charge in [-0.3, -0.25) is 9.69 Å². The zero-order valence-corrected chi connectivity index (χ0v) is 16.6. The molecular formula is C18H21IN2O4. The van der Waals surface area contributed by atoms with E-state index in [4.69, 9.17) is 9.47 Å². The maximum atomic E-state index is 12.3. The van der Waals surface area contributed by atoms with Crippen LogP contribution in [0, 0.1) is 3.57 Å². The Labute approximate surface area is 161 Å². The highest BCUT2D eigenvalue weighted by molar-refractivity contribution is 14.1. The molecular weight excluding hydrogens is 435 g/mol. The van der Waals surface area contributed by atoms with Crippen LogP contribution in [0.25, 0.3) is 6.08 Å². The van der Waals surface area contributed by atoms with E-state index in [0.717, 1.165) is 20.5 Å². The highest BCUT2D eigenvalue weighted by Gasteiger charge is 2.32. The largest absolute Gasteiger partial charge is 0.493 e. The summed E-state index contributed by atoms with van der Waals surface area (Å²) in [5.74, 6) is 0.882. The molecule has 1 aliphatic heterocycles. The summed E-state index contributed by atoms with van der Waals surface area (Å²) in [5, 5.41) is 2.58. The van der Waals surface area contributed by atoms with E-state index >= 15 is 0 Å². The number of rotatable bonds is 7. The van der Waals surface area contributed by atoms with Crippen LogP contribution in [0.5, 0.6) is 11.5 Å².